The molecule has 0 N–H and O–H groups in total. The van der Waals surface area contributed by atoms with E-state index in [2.05, 4.69) is 40.2 Å². The summed E-state index contributed by atoms with van der Waals surface area (Å²) in [5.74, 6) is 0. The van der Waals surface area contributed by atoms with E-state index in [4.69, 9.17) is 0 Å². The Labute approximate surface area is 119 Å². The van der Waals surface area contributed by atoms with Crippen LogP contribution in [-0.4, -0.2) is 21.2 Å². The molecule has 0 aliphatic carbocycles. The van der Waals surface area contributed by atoms with Crippen molar-refractivity contribution in [3.8, 4) is 0 Å². The fourth-order valence-corrected chi connectivity index (χ4v) is 2.98. The maximum Gasteiger partial charge on any atom is 0.197 e. The van der Waals surface area contributed by atoms with Crippen LogP contribution in [0.5, 0.6) is 0 Å². The van der Waals surface area contributed by atoms with E-state index in [1.807, 2.05) is 30.5 Å². The number of hydrogen-bond acceptors (Lipinski definition) is 7. The van der Waals surface area contributed by atoms with Gasteiger partial charge in [0.25, 0.3) is 0 Å². The largest absolute Gasteiger partial charge is 0.197 e. The molecule has 0 unspecified atom stereocenters. The van der Waals surface area contributed by atoms with Crippen LogP contribution in [-0.2, 0) is 0 Å². The summed E-state index contributed by atoms with van der Waals surface area (Å²) in [6.07, 6.45) is 1.92. The highest BCUT2D eigenvalue weighted by Gasteiger charge is 2.05. The Bertz CT molecular complexity index is 533. The van der Waals surface area contributed by atoms with E-state index in [9.17, 15) is 0 Å². The van der Waals surface area contributed by atoms with Gasteiger partial charge in [-0.15, -0.1) is 25.3 Å². The molecule has 1 aromatic heterocycles. The van der Waals surface area contributed by atoms with Crippen molar-refractivity contribution in [1.29, 1.82) is 0 Å². The molecule has 0 fully saturated rings. The molecule has 17 heavy (non-hydrogen) atoms. The predicted molar refractivity (Wildman–Crippen MR) is 76.7 cm³/mol. The highest BCUT2D eigenvalue weighted by atomic mass is 32.2. The average molecular weight is 299 g/mol. The molecular weight excluding hydrogens is 290 g/mol. The fraction of sp³-hybridized carbons (Fsp3) is 0.100. The van der Waals surface area contributed by atoms with Crippen LogP contribution in [0.1, 0.15) is 0 Å². The van der Waals surface area contributed by atoms with Crippen molar-refractivity contribution in [2.45, 2.75) is 25.3 Å². The zero-order valence-corrected chi connectivity index (χ0v) is 12.3. The number of nitrogens with zero attached hydrogens (tertiary/aromatic N) is 3. The fourth-order valence-electron chi connectivity index (χ4n) is 1.12. The minimum absolute atomic E-state index is 0.439. The zero-order valence-electron chi connectivity index (χ0n) is 8.86. The lowest BCUT2D eigenvalue weighted by molar-refractivity contribution is 0.720. The van der Waals surface area contributed by atoms with Gasteiger partial charge in [0, 0.05) is 9.79 Å². The maximum absolute atomic E-state index is 4.31. The van der Waals surface area contributed by atoms with Crippen LogP contribution >= 0.6 is 48.8 Å². The molecule has 7 heteroatoms. The molecule has 0 amide bonds. The first kappa shape index (κ1) is 13.1. The van der Waals surface area contributed by atoms with Gasteiger partial charge in [0.05, 0.1) is 0 Å². The van der Waals surface area contributed by atoms with Gasteiger partial charge in [0.15, 0.2) is 15.5 Å². The number of aromatic nitrogens is 3. The lowest BCUT2D eigenvalue weighted by Gasteiger charge is -2.03. The molecular formula is C10H9N3S4. The molecule has 0 spiro atoms. The number of rotatable bonds is 3. The highest BCUT2D eigenvalue weighted by molar-refractivity contribution is 7.99. The van der Waals surface area contributed by atoms with Crippen molar-refractivity contribution in [2.75, 3.05) is 6.26 Å². The van der Waals surface area contributed by atoms with Gasteiger partial charge in [-0.05, 0) is 36.2 Å². The first-order valence-electron chi connectivity index (χ1n) is 4.63. The van der Waals surface area contributed by atoms with Gasteiger partial charge in [-0.1, -0.05) is 17.8 Å². The van der Waals surface area contributed by atoms with Crippen LogP contribution < -0.4 is 0 Å². The van der Waals surface area contributed by atoms with E-state index < -0.39 is 0 Å². The standard InChI is InChI=1S/C10H9N3S4/c1-16-9-11-8(15)12-10(13-9)17-7-4-2-3-6(14)5-7/h2-5,14H,1H3,(H,11,12,13,15). The summed E-state index contributed by atoms with van der Waals surface area (Å²) in [7, 11) is 0. The first-order chi connectivity index (χ1) is 8.17. The molecule has 0 saturated carbocycles. The first-order valence-corrected chi connectivity index (χ1v) is 7.57. The van der Waals surface area contributed by atoms with Crippen molar-refractivity contribution in [3.63, 3.8) is 0 Å². The van der Waals surface area contributed by atoms with Crippen molar-refractivity contribution in [3.05, 3.63) is 24.3 Å². The van der Waals surface area contributed by atoms with Gasteiger partial charge in [-0.25, -0.2) is 0 Å². The summed E-state index contributed by atoms with van der Waals surface area (Å²) in [5.41, 5.74) is 0. The summed E-state index contributed by atoms with van der Waals surface area (Å²) >= 11 is 11.4. The van der Waals surface area contributed by atoms with Crippen LogP contribution in [0, 0.1) is 0 Å². The quantitative estimate of drug-likeness (QED) is 0.672. The Kier molecular flexibility index (Phi) is 4.61. The maximum atomic E-state index is 4.31. The Morgan fingerprint density at radius 1 is 1.06 bits per heavy atom. The Hall–Kier alpha value is -0.370. The number of thioether (sulfide) groups is 1. The van der Waals surface area contributed by atoms with Crippen LogP contribution in [0.3, 0.4) is 0 Å². The minimum atomic E-state index is 0.439. The summed E-state index contributed by atoms with van der Waals surface area (Å²) in [6.45, 7) is 0. The topological polar surface area (TPSA) is 38.7 Å². The summed E-state index contributed by atoms with van der Waals surface area (Å²) < 4.78 is 0. The van der Waals surface area contributed by atoms with E-state index >= 15 is 0 Å². The van der Waals surface area contributed by atoms with E-state index in [-0.39, 0.29) is 0 Å². The third kappa shape index (κ3) is 3.80. The van der Waals surface area contributed by atoms with Crippen LogP contribution in [0.4, 0.5) is 0 Å². The number of hydrogen-bond donors (Lipinski definition) is 2. The second kappa shape index (κ2) is 5.99. The highest BCUT2D eigenvalue weighted by Crippen LogP contribution is 2.27. The molecule has 0 aliphatic rings. The molecule has 0 atom stereocenters. The molecule has 1 aromatic carbocycles. The van der Waals surface area contributed by atoms with Crippen molar-refractivity contribution in [2.24, 2.45) is 0 Å². The van der Waals surface area contributed by atoms with Gasteiger partial charge in [0.1, 0.15) is 0 Å². The van der Waals surface area contributed by atoms with Gasteiger partial charge >= 0.3 is 0 Å². The van der Waals surface area contributed by atoms with E-state index in [1.54, 1.807) is 0 Å². The Morgan fingerprint density at radius 2 is 1.82 bits per heavy atom. The second-order valence-electron chi connectivity index (χ2n) is 3.00. The molecule has 3 nitrogen and oxygen atoms in total. The lowest BCUT2D eigenvalue weighted by atomic mass is 10.4. The summed E-state index contributed by atoms with van der Waals surface area (Å²) in [5, 5.41) is 1.76. The van der Waals surface area contributed by atoms with E-state index in [1.165, 1.54) is 23.5 Å². The molecule has 0 saturated heterocycles. The van der Waals surface area contributed by atoms with Crippen molar-refractivity contribution >= 4 is 48.8 Å². The minimum Gasteiger partial charge on any atom is -0.197 e. The summed E-state index contributed by atoms with van der Waals surface area (Å²) in [6, 6.07) is 7.83. The van der Waals surface area contributed by atoms with E-state index in [0.29, 0.717) is 15.5 Å². The average Bonchev–Trinajstić information content (AvgIpc) is 2.28. The number of benzene rings is 1. The molecule has 88 valence electrons. The van der Waals surface area contributed by atoms with Gasteiger partial charge in [-0.3, -0.25) is 0 Å². The van der Waals surface area contributed by atoms with Crippen LogP contribution in [0.15, 0.2) is 49.5 Å². The second-order valence-corrected chi connectivity index (χ2v) is 5.73. The monoisotopic (exact) mass is 299 g/mol. The van der Waals surface area contributed by atoms with Crippen LogP contribution in [0.2, 0.25) is 0 Å². The molecule has 0 bridgehead atoms. The zero-order chi connectivity index (χ0) is 12.3. The third-order valence-corrected chi connectivity index (χ3v) is 3.67. The van der Waals surface area contributed by atoms with Crippen molar-refractivity contribution < 1.29 is 0 Å². The Balaban J connectivity index is 2.26. The summed E-state index contributed by atoms with van der Waals surface area (Å²) in [4.78, 5) is 14.5. The predicted octanol–water partition coefficient (Wildman–Crippen LogP) is 3.32. The van der Waals surface area contributed by atoms with E-state index in [0.717, 1.165) is 9.79 Å². The number of thiol groups is 2. The van der Waals surface area contributed by atoms with Crippen molar-refractivity contribution in [1.82, 2.24) is 15.0 Å². The Morgan fingerprint density at radius 3 is 2.53 bits per heavy atom. The molecule has 1 heterocycles. The van der Waals surface area contributed by atoms with Gasteiger partial charge < -0.3 is 0 Å². The normalized spacial score (nSPS) is 10.5. The molecule has 2 rings (SSSR count). The molecule has 0 radical (unpaired) electrons. The van der Waals surface area contributed by atoms with Gasteiger partial charge in [0.2, 0.25) is 0 Å². The third-order valence-electron chi connectivity index (χ3n) is 1.79. The van der Waals surface area contributed by atoms with Gasteiger partial charge in [-0.2, -0.15) is 15.0 Å². The molecule has 2 aromatic rings. The smallest absolute Gasteiger partial charge is 0.197 e. The van der Waals surface area contributed by atoms with Crippen LogP contribution in [0.25, 0.3) is 0 Å². The lowest BCUT2D eigenvalue weighted by Crippen LogP contribution is -1.94. The SMILES string of the molecule is CSc1nc(S)nc(Sc2cccc(S)c2)n1. The molecule has 0 aliphatic heterocycles.